The number of carbonyl (C=O) groups is 1. The number of nitrogens with one attached hydrogen (secondary N) is 1. The summed E-state index contributed by atoms with van der Waals surface area (Å²) in [7, 11) is -3.34. The van der Waals surface area contributed by atoms with Crippen molar-refractivity contribution < 1.29 is 18.3 Å². The van der Waals surface area contributed by atoms with Crippen LogP contribution >= 0.6 is 0 Å². The number of anilines is 1. The largest absolute Gasteiger partial charge is 0.506 e. The SMILES string of the molecule is CC(=O)Nc1ccc(S(C)(=O)=O)cc1O. The summed E-state index contributed by atoms with van der Waals surface area (Å²) in [6.07, 6.45) is 1.04. The van der Waals surface area contributed by atoms with Crippen LogP contribution in [0.15, 0.2) is 23.1 Å². The second-order valence-electron chi connectivity index (χ2n) is 3.13. The molecule has 0 atom stereocenters. The summed E-state index contributed by atoms with van der Waals surface area (Å²) < 4.78 is 22.2. The van der Waals surface area contributed by atoms with E-state index in [9.17, 15) is 18.3 Å². The fourth-order valence-corrected chi connectivity index (χ4v) is 1.68. The number of sulfone groups is 1. The zero-order valence-electron chi connectivity index (χ0n) is 8.31. The average Bonchev–Trinajstić information content (AvgIpc) is 2.05. The van der Waals surface area contributed by atoms with Gasteiger partial charge in [0.1, 0.15) is 5.75 Å². The Balaban J connectivity index is 3.15. The molecule has 1 rings (SSSR count). The molecule has 0 aliphatic heterocycles. The molecule has 0 aliphatic rings. The highest BCUT2D eigenvalue weighted by atomic mass is 32.2. The molecule has 6 heteroatoms. The van der Waals surface area contributed by atoms with E-state index in [1.165, 1.54) is 19.1 Å². The molecular weight excluding hydrogens is 218 g/mol. The van der Waals surface area contributed by atoms with Crippen molar-refractivity contribution in [2.45, 2.75) is 11.8 Å². The summed E-state index contributed by atoms with van der Waals surface area (Å²) in [5.41, 5.74) is 0.190. The monoisotopic (exact) mass is 229 g/mol. The number of amides is 1. The smallest absolute Gasteiger partial charge is 0.221 e. The first-order valence-electron chi connectivity index (χ1n) is 4.11. The zero-order chi connectivity index (χ0) is 11.6. The molecule has 2 N–H and O–H groups in total. The Bertz CT molecular complexity index is 493. The Kier molecular flexibility index (Phi) is 2.99. The molecule has 15 heavy (non-hydrogen) atoms. The van der Waals surface area contributed by atoms with Crippen molar-refractivity contribution in [2.24, 2.45) is 0 Å². The Morgan fingerprint density at radius 3 is 2.40 bits per heavy atom. The van der Waals surface area contributed by atoms with Crippen molar-refractivity contribution in [1.29, 1.82) is 0 Å². The van der Waals surface area contributed by atoms with Gasteiger partial charge >= 0.3 is 0 Å². The van der Waals surface area contributed by atoms with Gasteiger partial charge in [-0.25, -0.2) is 8.42 Å². The Labute approximate surface area is 87.7 Å². The fraction of sp³-hybridized carbons (Fsp3) is 0.222. The average molecular weight is 229 g/mol. The topological polar surface area (TPSA) is 83.5 Å². The highest BCUT2D eigenvalue weighted by molar-refractivity contribution is 7.90. The Morgan fingerprint density at radius 1 is 1.40 bits per heavy atom. The Morgan fingerprint density at radius 2 is 2.00 bits per heavy atom. The second-order valence-corrected chi connectivity index (χ2v) is 5.15. The van der Waals surface area contributed by atoms with Gasteiger partial charge in [0.05, 0.1) is 10.6 Å². The Hall–Kier alpha value is -1.56. The lowest BCUT2D eigenvalue weighted by molar-refractivity contribution is -0.114. The van der Waals surface area contributed by atoms with Crippen LogP contribution in [0, 0.1) is 0 Å². The van der Waals surface area contributed by atoms with Crippen LogP contribution in [0.25, 0.3) is 0 Å². The van der Waals surface area contributed by atoms with Crippen LogP contribution < -0.4 is 5.32 Å². The maximum Gasteiger partial charge on any atom is 0.221 e. The lowest BCUT2D eigenvalue weighted by atomic mass is 10.3. The predicted molar refractivity (Wildman–Crippen MR) is 55.5 cm³/mol. The van der Waals surface area contributed by atoms with E-state index in [0.717, 1.165) is 12.3 Å². The minimum Gasteiger partial charge on any atom is -0.506 e. The molecule has 0 spiro atoms. The molecule has 0 heterocycles. The molecule has 0 aliphatic carbocycles. The van der Waals surface area contributed by atoms with Crippen LogP contribution in [0.4, 0.5) is 5.69 Å². The first-order valence-corrected chi connectivity index (χ1v) is 6.00. The maximum atomic E-state index is 11.1. The molecule has 0 unspecified atom stereocenters. The van der Waals surface area contributed by atoms with Gasteiger partial charge in [0.2, 0.25) is 5.91 Å². The number of benzene rings is 1. The van der Waals surface area contributed by atoms with Crippen LogP contribution in [0.3, 0.4) is 0 Å². The molecule has 0 aromatic heterocycles. The number of phenols is 1. The lowest BCUT2D eigenvalue weighted by Crippen LogP contribution is -2.06. The van der Waals surface area contributed by atoms with Gasteiger partial charge in [-0.1, -0.05) is 0 Å². The van der Waals surface area contributed by atoms with Gasteiger partial charge in [0, 0.05) is 19.2 Å². The second kappa shape index (κ2) is 3.90. The molecule has 1 amide bonds. The number of hydrogen-bond donors (Lipinski definition) is 2. The molecule has 1 aromatic rings. The third-order valence-electron chi connectivity index (χ3n) is 1.71. The van der Waals surface area contributed by atoms with Gasteiger partial charge in [-0.15, -0.1) is 0 Å². The third kappa shape index (κ3) is 2.95. The van der Waals surface area contributed by atoms with E-state index in [0.29, 0.717) is 0 Å². The van der Waals surface area contributed by atoms with Crippen LogP contribution in [0.2, 0.25) is 0 Å². The van der Waals surface area contributed by atoms with Crippen LogP contribution in [-0.4, -0.2) is 25.7 Å². The first-order chi connectivity index (χ1) is 6.80. The zero-order valence-corrected chi connectivity index (χ0v) is 9.13. The van der Waals surface area contributed by atoms with E-state index in [1.54, 1.807) is 0 Å². The van der Waals surface area contributed by atoms with Gasteiger partial charge in [0.25, 0.3) is 0 Å². The molecule has 0 saturated carbocycles. The maximum absolute atomic E-state index is 11.1. The standard InChI is InChI=1S/C9H11NO4S/c1-6(11)10-8-4-3-7(5-9(8)12)15(2,13)14/h3-5,12H,1-2H3,(H,10,11). The number of phenolic OH excluding ortho intramolecular Hbond substituents is 1. The minimum absolute atomic E-state index is 0.00843. The molecule has 0 saturated heterocycles. The number of rotatable bonds is 2. The number of hydrogen-bond acceptors (Lipinski definition) is 4. The summed E-state index contributed by atoms with van der Waals surface area (Å²) in [5, 5.41) is 11.8. The normalized spacial score (nSPS) is 11.1. The first kappa shape index (κ1) is 11.5. The van der Waals surface area contributed by atoms with Gasteiger partial charge in [-0.3, -0.25) is 4.79 Å². The third-order valence-corrected chi connectivity index (χ3v) is 2.82. The number of carbonyl (C=O) groups excluding carboxylic acids is 1. The van der Waals surface area contributed by atoms with E-state index in [-0.39, 0.29) is 22.2 Å². The van der Waals surface area contributed by atoms with Crippen LogP contribution in [0.5, 0.6) is 5.75 Å². The summed E-state index contributed by atoms with van der Waals surface area (Å²) in [4.78, 5) is 10.7. The minimum atomic E-state index is -3.34. The van der Waals surface area contributed by atoms with Gasteiger partial charge in [-0.2, -0.15) is 0 Å². The lowest BCUT2D eigenvalue weighted by Gasteiger charge is -2.06. The highest BCUT2D eigenvalue weighted by Crippen LogP contribution is 2.26. The van der Waals surface area contributed by atoms with Gasteiger partial charge in [-0.05, 0) is 12.1 Å². The van der Waals surface area contributed by atoms with E-state index < -0.39 is 9.84 Å². The highest BCUT2D eigenvalue weighted by Gasteiger charge is 2.10. The molecule has 0 radical (unpaired) electrons. The van der Waals surface area contributed by atoms with Crippen LogP contribution in [0.1, 0.15) is 6.92 Å². The molecular formula is C9H11NO4S. The molecule has 82 valence electrons. The molecule has 0 bridgehead atoms. The predicted octanol–water partition coefficient (Wildman–Crippen LogP) is 0.754. The summed E-state index contributed by atoms with van der Waals surface area (Å²) >= 11 is 0. The fourth-order valence-electron chi connectivity index (χ4n) is 1.04. The van der Waals surface area contributed by atoms with Crippen molar-refractivity contribution in [3.8, 4) is 5.75 Å². The van der Waals surface area contributed by atoms with Crippen molar-refractivity contribution in [2.75, 3.05) is 11.6 Å². The molecule has 1 aromatic carbocycles. The quantitative estimate of drug-likeness (QED) is 0.733. The van der Waals surface area contributed by atoms with Crippen molar-refractivity contribution in [3.05, 3.63) is 18.2 Å². The summed E-state index contributed by atoms with van der Waals surface area (Å²) in [5.74, 6) is -0.606. The van der Waals surface area contributed by atoms with Gasteiger partial charge in [0.15, 0.2) is 9.84 Å². The van der Waals surface area contributed by atoms with E-state index in [1.807, 2.05) is 0 Å². The summed E-state index contributed by atoms with van der Waals surface area (Å²) in [6.45, 7) is 1.30. The molecule has 5 nitrogen and oxygen atoms in total. The van der Waals surface area contributed by atoms with Crippen LogP contribution in [-0.2, 0) is 14.6 Å². The van der Waals surface area contributed by atoms with E-state index in [2.05, 4.69) is 5.32 Å². The van der Waals surface area contributed by atoms with Crippen molar-refractivity contribution in [1.82, 2.24) is 0 Å². The van der Waals surface area contributed by atoms with Crippen molar-refractivity contribution >= 4 is 21.4 Å². The summed E-state index contributed by atoms with van der Waals surface area (Å²) in [6, 6.07) is 3.76. The van der Waals surface area contributed by atoms with Crippen molar-refractivity contribution in [3.63, 3.8) is 0 Å². The van der Waals surface area contributed by atoms with E-state index in [4.69, 9.17) is 0 Å². The number of aromatic hydroxyl groups is 1. The molecule has 0 fully saturated rings. The van der Waals surface area contributed by atoms with Gasteiger partial charge < -0.3 is 10.4 Å². The van der Waals surface area contributed by atoms with E-state index >= 15 is 0 Å².